The van der Waals surface area contributed by atoms with Crippen molar-refractivity contribution in [3.63, 3.8) is 0 Å². The molecule has 0 aliphatic rings. The van der Waals surface area contributed by atoms with Gasteiger partial charge in [0.25, 0.3) is 0 Å². The highest BCUT2D eigenvalue weighted by atomic mass is 35.5. The number of thiazole rings is 1. The molecular formula is C18H20ClF3N3PS. The van der Waals surface area contributed by atoms with E-state index >= 15 is 0 Å². The fraction of sp³-hybridized carbons (Fsp3) is 0.389. The average Bonchev–Trinajstić information content (AvgIpc) is 2.88. The second-order valence-electron chi connectivity index (χ2n) is 6.93. The molecule has 27 heavy (non-hydrogen) atoms. The molecule has 1 aromatic heterocycles. The van der Waals surface area contributed by atoms with Crippen LogP contribution in [-0.4, -0.2) is 29.9 Å². The quantitative estimate of drug-likeness (QED) is 0.591. The van der Waals surface area contributed by atoms with E-state index in [0.717, 1.165) is 32.4 Å². The number of halogens is 4. The van der Waals surface area contributed by atoms with Crippen molar-refractivity contribution >= 4 is 41.8 Å². The Morgan fingerprint density at radius 1 is 1.41 bits per heavy atom. The van der Waals surface area contributed by atoms with Crippen molar-refractivity contribution in [1.29, 1.82) is 5.26 Å². The average molecular weight is 434 g/mol. The van der Waals surface area contributed by atoms with Crippen molar-refractivity contribution in [2.45, 2.75) is 25.2 Å². The topological polar surface area (TPSA) is 41.1 Å². The first-order chi connectivity index (χ1) is 12.3. The predicted molar refractivity (Wildman–Crippen MR) is 109 cm³/mol. The minimum absolute atomic E-state index is 0.237. The lowest BCUT2D eigenvalue weighted by atomic mass is 10.1. The minimum Gasteiger partial charge on any atom is -0.316 e. The summed E-state index contributed by atoms with van der Waals surface area (Å²) in [7, 11) is 1.34. The van der Waals surface area contributed by atoms with E-state index in [1.54, 1.807) is 19.1 Å². The van der Waals surface area contributed by atoms with Crippen molar-refractivity contribution in [2.75, 3.05) is 13.3 Å². The van der Waals surface area contributed by atoms with Gasteiger partial charge in [-0.25, -0.2) is 4.99 Å². The van der Waals surface area contributed by atoms with Crippen LogP contribution in [0.1, 0.15) is 16.8 Å². The lowest BCUT2D eigenvalue weighted by Gasteiger charge is -2.20. The largest absolute Gasteiger partial charge is 0.432 e. The number of nitriles is 1. The molecule has 0 saturated carbocycles. The molecule has 3 nitrogen and oxygen atoms in total. The van der Waals surface area contributed by atoms with E-state index in [2.05, 4.69) is 17.4 Å². The van der Waals surface area contributed by atoms with Crippen LogP contribution in [0.2, 0.25) is 5.02 Å². The number of aromatic nitrogens is 1. The third-order valence-corrected chi connectivity index (χ3v) is 7.46. The normalized spacial score (nSPS) is 14.3. The number of rotatable bonds is 4. The molecule has 0 saturated heterocycles. The van der Waals surface area contributed by atoms with Crippen LogP contribution in [0.4, 0.5) is 18.9 Å². The Hall–Kier alpha value is -1.48. The van der Waals surface area contributed by atoms with Gasteiger partial charge in [-0.05, 0) is 49.9 Å². The van der Waals surface area contributed by atoms with Crippen LogP contribution >= 0.6 is 29.8 Å². The summed E-state index contributed by atoms with van der Waals surface area (Å²) in [4.78, 5) is 4.64. The van der Waals surface area contributed by atoms with Gasteiger partial charge < -0.3 is 4.57 Å². The van der Waals surface area contributed by atoms with E-state index in [1.165, 1.54) is 7.05 Å². The molecule has 9 heteroatoms. The first-order valence-electron chi connectivity index (χ1n) is 7.97. The van der Waals surface area contributed by atoms with Crippen LogP contribution in [0.25, 0.3) is 0 Å². The molecule has 1 unspecified atom stereocenters. The summed E-state index contributed by atoms with van der Waals surface area (Å²) >= 11 is 7.27. The van der Waals surface area contributed by atoms with Crippen LogP contribution in [0.15, 0.2) is 22.5 Å². The van der Waals surface area contributed by atoms with Gasteiger partial charge >= 0.3 is 6.18 Å². The molecule has 0 amide bonds. The number of hydrogen-bond donors (Lipinski definition) is 0. The molecule has 1 aromatic carbocycles. The van der Waals surface area contributed by atoms with Crippen LogP contribution < -0.4 is 4.80 Å². The van der Waals surface area contributed by atoms with E-state index in [0.29, 0.717) is 17.1 Å². The zero-order valence-electron chi connectivity index (χ0n) is 15.4. The lowest BCUT2D eigenvalue weighted by molar-refractivity contribution is -0.143. The fourth-order valence-electron chi connectivity index (χ4n) is 2.47. The van der Waals surface area contributed by atoms with E-state index in [-0.39, 0.29) is 10.5 Å². The third-order valence-electron chi connectivity index (χ3n) is 4.20. The minimum atomic E-state index is -4.43. The zero-order valence-corrected chi connectivity index (χ0v) is 17.9. The maximum Gasteiger partial charge on any atom is 0.432 e. The molecule has 0 bridgehead atoms. The molecule has 1 heterocycles. The van der Waals surface area contributed by atoms with Gasteiger partial charge in [0.1, 0.15) is 5.69 Å². The zero-order chi connectivity index (χ0) is 20.6. The highest BCUT2D eigenvalue weighted by molar-refractivity contribution is 7.73. The third kappa shape index (κ3) is 5.07. The van der Waals surface area contributed by atoms with Gasteiger partial charge in [0.15, 0.2) is 4.80 Å². The summed E-state index contributed by atoms with van der Waals surface area (Å²) in [5, 5.41) is 11.0. The summed E-state index contributed by atoms with van der Waals surface area (Å²) in [6.45, 7) is 4.11. The predicted octanol–water partition coefficient (Wildman–Crippen LogP) is 5.44. The Bertz CT molecular complexity index is 1010. The Labute approximate surface area is 165 Å². The molecule has 0 aliphatic carbocycles. The molecule has 0 fully saturated rings. The maximum atomic E-state index is 13.0. The van der Waals surface area contributed by atoms with Gasteiger partial charge in [0, 0.05) is 17.5 Å². The van der Waals surface area contributed by atoms with Crippen molar-refractivity contribution in [1.82, 2.24) is 4.57 Å². The van der Waals surface area contributed by atoms with Crippen LogP contribution in [-0.2, 0) is 19.6 Å². The van der Waals surface area contributed by atoms with E-state index in [1.807, 2.05) is 13.3 Å². The van der Waals surface area contributed by atoms with Crippen molar-refractivity contribution in [2.24, 2.45) is 12.0 Å². The monoisotopic (exact) mass is 433 g/mol. The number of benzene rings is 1. The SMILES string of the molecule is C=P(C)(C)C(C#N)Cc1cc(N=c2scc(C(F)(F)F)n2C)c(C)cc1Cl. The highest BCUT2D eigenvalue weighted by Crippen LogP contribution is 2.44. The summed E-state index contributed by atoms with van der Waals surface area (Å²) in [6, 6.07) is 5.79. The molecule has 1 atom stereocenters. The Morgan fingerprint density at radius 3 is 2.52 bits per heavy atom. The highest BCUT2D eigenvalue weighted by Gasteiger charge is 2.34. The summed E-state index contributed by atoms with van der Waals surface area (Å²) < 4.78 is 40.0. The molecule has 2 aromatic rings. The number of aryl methyl sites for hydroxylation is 1. The summed E-state index contributed by atoms with van der Waals surface area (Å²) in [5.41, 5.74) is 1.05. The van der Waals surface area contributed by atoms with Gasteiger partial charge in [-0.15, -0.1) is 18.2 Å². The molecular weight excluding hydrogens is 414 g/mol. The summed E-state index contributed by atoms with van der Waals surface area (Å²) in [6.07, 6.45) is 0.136. The Kier molecular flexibility index (Phi) is 6.36. The van der Waals surface area contributed by atoms with E-state index < -0.39 is 18.8 Å². The number of nitrogens with zero attached hydrogens (tertiary/aromatic N) is 3. The van der Waals surface area contributed by atoms with Gasteiger partial charge in [-0.1, -0.05) is 17.9 Å². The van der Waals surface area contributed by atoms with Gasteiger partial charge in [0.05, 0.1) is 17.4 Å². The maximum absolute atomic E-state index is 13.0. The van der Waals surface area contributed by atoms with Gasteiger partial charge in [-0.2, -0.15) is 18.4 Å². The lowest BCUT2D eigenvalue weighted by Crippen LogP contribution is -2.19. The standard InChI is InChI=1S/C18H20ClF3N3PS/c1-11-6-14(19)12(7-13(9-23)26(3,4)5)8-15(11)24-17-25(2)16(10-27-17)18(20,21)22/h6,8,10,13H,3,7H2,1-2,4-5H3. The molecule has 2 rings (SSSR count). The Balaban J connectivity index is 2.53. The number of hydrogen-bond acceptors (Lipinski definition) is 3. The van der Waals surface area contributed by atoms with Crippen molar-refractivity contribution in [3.8, 4) is 6.07 Å². The van der Waals surface area contributed by atoms with Crippen molar-refractivity contribution < 1.29 is 13.2 Å². The van der Waals surface area contributed by atoms with Crippen molar-refractivity contribution in [3.05, 3.63) is 44.2 Å². The van der Waals surface area contributed by atoms with E-state index in [9.17, 15) is 18.4 Å². The smallest absolute Gasteiger partial charge is 0.316 e. The Morgan fingerprint density at radius 2 is 2.04 bits per heavy atom. The molecule has 0 aliphatic heterocycles. The number of alkyl halides is 3. The first kappa shape index (κ1) is 21.8. The van der Waals surface area contributed by atoms with Crippen LogP contribution in [0.3, 0.4) is 0 Å². The van der Waals surface area contributed by atoms with Crippen LogP contribution in [0.5, 0.6) is 0 Å². The summed E-state index contributed by atoms with van der Waals surface area (Å²) in [5.74, 6) is 0. The second-order valence-corrected chi connectivity index (χ2v) is 12.4. The molecule has 146 valence electrons. The molecule has 0 N–H and O–H groups in total. The second kappa shape index (κ2) is 7.87. The van der Waals surface area contributed by atoms with E-state index in [4.69, 9.17) is 11.6 Å². The van der Waals surface area contributed by atoms with Crippen LogP contribution in [0, 0.1) is 18.3 Å². The molecule has 0 radical (unpaired) electrons. The van der Waals surface area contributed by atoms with Gasteiger partial charge in [-0.3, -0.25) is 0 Å². The first-order valence-corrected chi connectivity index (χ1v) is 12.2. The van der Waals surface area contributed by atoms with Gasteiger partial charge in [0.2, 0.25) is 0 Å². The fourth-order valence-corrected chi connectivity index (χ4v) is 4.69. The molecule has 0 spiro atoms.